The lowest BCUT2D eigenvalue weighted by molar-refractivity contribution is 0.0999. The van der Waals surface area contributed by atoms with Gasteiger partial charge in [0.15, 0.2) is 0 Å². The van der Waals surface area contributed by atoms with Crippen LogP contribution in [-0.4, -0.2) is 15.5 Å². The molecule has 1 aromatic heterocycles. The van der Waals surface area contributed by atoms with E-state index in [-0.39, 0.29) is 6.04 Å². The predicted molar refractivity (Wildman–Crippen MR) is 74.4 cm³/mol. The van der Waals surface area contributed by atoms with Gasteiger partial charge in [-0.3, -0.25) is 4.79 Å². The molecule has 1 atom stereocenters. The average molecular weight is 259 g/mol. The van der Waals surface area contributed by atoms with Crippen molar-refractivity contribution in [2.45, 2.75) is 19.4 Å². The molecule has 0 saturated heterocycles. The molecule has 0 spiro atoms. The van der Waals surface area contributed by atoms with Gasteiger partial charge in [-0.1, -0.05) is 6.92 Å². The first-order valence-electron chi connectivity index (χ1n) is 6.00. The third kappa shape index (κ3) is 2.37. The Morgan fingerprint density at radius 3 is 2.68 bits per heavy atom. The van der Waals surface area contributed by atoms with Gasteiger partial charge in [0.2, 0.25) is 5.91 Å². The molecule has 1 aromatic carbocycles. The van der Waals surface area contributed by atoms with Gasteiger partial charge in [0.05, 0.1) is 12.4 Å². The topological polar surface area (TPSA) is 113 Å². The van der Waals surface area contributed by atoms with Gasteiger partial charge in [-0.05, 0) is 18.6 Å². The molecule has 1 amide bonds. The third-order valence-corrected chi connectivity index (χ3v) is 3.10. The number of primary amides is 1. The molecular formula is C13H17N5O. The van der Waals surface area contributed by atoms with Gasteiger partial charge in [0.25, 0.3) is 0 Å². The molecule has 0 aliphatic carbocycles. The van der Waals surface area contributed by atoms with Crippen LogP contribution in [0.15, 0.2) is 30.9 Å². The Kier molecular flexibility index (Phi) is 3.41. The second-order valence-corrected chi connectivity index (χ2v) is 4.37. The van der Waals surface area contributed by atoms with Crippen LogP contribution in [0, 0.1) is 0 Å². The van der Waals surface area contributed by atoms with Crippen molar-refractivity contribution in [3.63, 3.8) is 0 Å². The van der Waals surface area contributed by atoms with Gasteiger partial charge in [0.1, 0.15) is 0 Å². The number of benzene rings is 1. The van der Waals surface area contributed by atoms with Crippen LogP contribution in [-0.2, 0) is 0 Å². The minimum absolute atomic E-state index is 0.0920. The maximum absolute atomic E-state index is 11.6. The predicted octanol–water partition coefficient (Wildman–Crippen LogP) is 1.15. The highest BCUT2D eigenvalue weighted by atomic mass is 16.1. The Balaban J connectivity index is 2.63. The number of aromatic nitrogens is 2. The molecular weight excluding hydrogens is 242 g/mol. The van der Waals surface area contributed by atoms with E-state index in [1.54, 1.807) is 24.7 Å². The maximum Gasteiger partial charge on any atom is 0.249 e. The zero-order valence-corrected chi connectivity index (χ0v) is 10.7. The minimum Gasteiger partial charge on any atom is -0.399 e. The first kappa shape index (κ1) is 12.9. The molecule has 100 valence electrons. The SMILES string of the molecule is CCC(c1c(N)cc(N)cc1C(N)=O)n1ccnc1. The fourth-order valence-corrected chi connectivity index (χ4v) is 2.29. The van der Waals surface area contributed by atoms with E-state index in [0.717, 1.165) is 6.42 Å². The maximum atomic E-state index is 11.6. The van der Waals surface area contributed by atoms with E-state index in [1.807, 2.05) is 17.7 Å². The smallest absolute Gasteiger partial charge is 0.249 e. The summed E-state index contributed by atoms with van der Waals surface area (Å²) >= 11 is 0. The molecule has 2 aromatic rings. The van der Waals surface area contributed by atoms with E-state index in [4.69, 9.17) is 17.2 Å². The van der Waals surface area contributed by atoms with Gasteiger partial charge in [-0.15, -0.1) is 0 Å². The highest BCUT2D eigenvalue weighted by Gasteiger charge is 2.21. The molecule has 0 aliphatic heterocycles. The number of rotatable bonds is 4. The number of hydrogen-bond acceptors (Lipinski definition) is 4. The van der Waals surface area contributed by atoms with Crippen LogP contribution in [0.25, 0.3) is 0 Å². The lowest BCUT2D eigenvalue weighted by Gasteiger charge is -2.21. The molecule has 19 heavy (non-hydrogen) atoms. The zero-order chi connectivity index (χ0) is 14.0. The summed E-state index contributed by atoms with van der Waals surface area (Å²) in [4.78, 5) is 15.6. The number of nitrogens with two attached hydrogens (primary N) is 3. The number of nitrogens with zero attached hydrogens (tertiary/aromatic N) is 2. The molecule has 6 N–H and O–H groups in total. The van der Waals surface area contributed by atoms with Gasteiger partial charge in [-0.25, -0.2) is 4.98 Å². The number of anilines is 2. The van der Waals surface area contributed by atoms with Crippen LogP contribution >= 0.6 is 0 Å². The number of hydrogen-bond donors (Lipinski definition) is 3. The summed E-state index contributed by atoms with van der Waals surface area (Å²) in [6.07, 6.45) is 5.95. The van der Waals surface area contributed by atoms with Gasteiger partial charge < -0.3 is 21.8 Å². The van der Waals surface area contributed by atoms with E-state index in [9.17, 15) is 4.79 Å². The second-order valence-electron chi connectivity index (χ2n) is 4.37. The molecule has 0 radical (unpaired) electrons. The first-order chi connectivity index (χ1) is 9.04. The molecule has 0 saturated carbocycles. The minimum atomic E-state index is -0.535. The summed E-state index contributed by atoms with van der Waals surface area (Å²) in [7, 11) is 0. The van der Waals surface area contributed by atoms with Crippen molar-refractivity contribution >= 4 is 17.3 Å². The highest BCUT2D eigenvalue weighted by molar-refractivity contribution is 5.97. The number of amides is 1. The van der Waals surface area contributed by atoms with Crippen molar-refractivity contribution in [2.24, 2.45) is 5.73 Å². The monoisotopic (exact) mass is 259 g/mol. The normalized spacial score (nSPS) is 12.3. The molecule has 0 fully saturated rings. The van der Waals surface area contributed by atoms with Crippen molar-refractivity contribution in [1.29, 1.82) is 0 Å². The van der Waals surface area contributed by atoms with E-state index in [1.165, 1.54) is 0 Å². The summed E-state index contributed by atoms with van der Waals surface area (Å²) in [5.41, 5.74) is 19.1. The van der Waals surface area contributed by atoms with Crippen LogP contribution < -0.4 is 17.2 Å². The summed E-state index contributed by atoms with van der Waals surface area (Å²) in [6, 6.07) is 3.11. The number of carbonyl (C=O) groups excluding carboxylic acids is 1. The standard InChI is InChI=1S/C13H17N5O/c1-2-11(18-4-3-17-7-18)12-9(13(16)19)5-8(14)6-10(12)15/h3-7,11H,2,14-15H2,1H3,(H2,16,19). The second kappa shape index (κ2) is 5.01. The molecule has 0 bridgehead atoms. The van der Waals surface area contributed by atoms with Crippen LogP contribution in [0.4, 0.5) is 11.4 Å². The molecule has 0 aliphatic rings. The molecule has 6 nitrogen and oxygen atoms in total. The Hall–Kier alpha value is -2.50. The summed E-state index contributed by atoms with van der Waals surface area (Å²) in [6.45, 7) is 2.01. The summed E-state index contributed by atoms with van der Waals surface area (Å²) < 4.78 is 1.90. The Bertz CT molecular complexity index is 591. The van der Waals surface area contributed by atoms with E-state index in [0.29, 0.717) is 22.5 Å². The molecule has 1 heterocycles. The molecule has 2 rings (SSSR count). The van der Waals surface area contributed by atoms with Gasteiger partial charge in [0, 0.05) is 34.9 Å². The molecule has 1 unspecified atom stereocenters. The number of nitrogen functional groups attached to an aromatic ring is 2. The van der Waals surface area contributed by atoms with E-state index in [2.05, 4.69) is 4.98 Å². The molecule has 6 heteroatoms. The fourth-order valence-electron chi connectivity index (χ4n) is 2.29. The Labute approximate surface area is 111 Å². The van der Waals surface area contributed by atoms with Crippen LogP contribution in [0.3, 0.4) is 0 Å². The van der Waals surface area contributed by atoms with E-state index >= 15 is 0 Å². The van der Waals surface area contributed by atoms with Crippen LogP contribution in [0.5, 0.6) is 0 Å². The van der Waals surface area contributed by atoms with Crippen molar-refractivity contribution in [3.8, 4) is 0 Å². The lowest BCUT2D eigenvalue weighted by Crippen LogP contribution is -2.20. The van der Waals surface area contributed by atoms with Crippen molar-refractivity contribution in [2.75, 3.05) is 11.5 Å². The van der Waals surface area contributed by atoms with Crippen molar-refractivity contribution < 1.29 is 4.79 Å². The summed E-state index contributed by atoms with van der Waals surface area (Å²) in [5, 5.41) is 0. The lowest BCUT2D eigenvalue weighted by atomic mass is 9.95. The largest absolute Gasteiger partial charge is 0.399 e. The van der Waals surface area contributed by atoms with E-state index < -0.39 is 5.91 Å². The van der Waals surface area contributed by atoms with Gasteiger partial charge in [-0.2, -0.15) is 0 Å². The zero-order valence-electron chi connectivity index (χ0n) is 10.7. The van der Waals surface area contributed by atoms with Crippen LogP contribution in [0.1, 0.15) is 35.3 Å². The van der Waals surface area contributed by atoms with Crippen molar-refractivity contribution in [3.05, 3.63) is 42.0 Å². The first-order valence-corrected chi connectivity index (χ1v) is 6.00. The highest BCUT2D eigenvalue weighted by Crippen LogP contribution is 2.32. The van der Waals surface area contributed by atoms with Gasteiger partial charge >= 0.3 is 0 Å². The fraction of sp³-hybridized carbons (Fsp3) is 0.231. The Morgan fingerprint density at radius 2 is 2.16 bits per heavy atom. The Morgan fingerprint density at radius 1 is 1.42 bits per heavy atom. The van der Waals surface area contributed by atoms with Crippen molar-refractivity contribution in [1.82, 2.24) is 9.55 Å². The summed E-state index contributed by atoms with van der Waals surface area (Å²) in [5.74, 6) is -0.535. The van der Waals surface area contributed by atoms with Crippen LogP contribution in [0.2, 0.25) is 0 Å². The number of imidazole rings is 1. The number of carbonyl (C=O) groups is 1. The average Bonchev–Trinajstić information content (AvgIpc) is 2.85. The quantitative estimate of drug-likeness (QED) is 0.714. The third-order valence-electron chi connectivity index (χ3n) is 3.10.